The summed E-state index contributed by atoms with van der Waals surface area (Å²) in [5.41, 5.74) is 3.63. The van der Waals surface area contributed by atoms with Crippen LogP contribution in [0.5, 0.6) is 0 Å². The second-order valence-corrected chi connectivity index (χ2v) is 19.9. The van der Waals surface area contributed by atoms with Crippen molar-refractivity contribution in [2.24, 2.45) is 23.7 Å². The second kappa shape index (κ2) is 21.8. The highest BCUT2D eigenvalue weighted by Gasteiger charge is 2.39. The highest BCUT2D eigenvalue weighted by Crippen LogP contribution is 2.43. The van der Waals surface area contributed by atoms with Gasteiger partial charge in [0, 0.05) is 21.6 Å². The summed E-state index contributed by atoms with van der Waals surface area (Å²) in [5, 5.41) is 9.94. The molecule has 8 rings (SSSR count). The fraction of sp³-hybridized carbons (Fsp3) is 0.660. The maximum absolute atomic E-state index is 13.8. The number of hydrogen-bond donors (Lipinski definition) is 1. The van der Waals surface area contributed by atoms with Crippen LogP contribution in [0.4, 0.5) is 11.4 Å². The zero-order chi connectivity index (χ0) is 42.9. The zero-order valence-electron chi connectivity index (χ0n) is 36.2. The molecule has 0 atom stereocenters. The van der Waals surface area contributed by atoms with Gasteiger partial charge in [0.05, 0.1) is 57.0 Å². The number of anilines is 2. The molecule has 4 aliphatic carbocycles. The molecular weight excluding hydrogens is 817 g/mol. The summed E-state index contributed by atoms with van der Waals surface area (Å²) in [5.74, 6) is -0.0629. The molecule has 0 aromatic carbocycles. The van der Waals surface area contributed by atoms with Crippen molar-refractivity contribution in [3.8, 4) is 0 Å². The fourth-order valence-electron chi connectivity index (χ4n) is 9.60. The normalized spacial score (nSPS) is 25.3. The smallest absolute Gasteiger partial charge is 0.350 e. The summed E-state index contributed by atoms with van der Waals surface area (Å²) >= 11 is 2.72. The first kappa shape index (κ1) is 45.6. The Morgan fingerprint density at radius 1 is 0.623 bits per heavy atom. The first-order chi connectivity index (χ1) is 29.6. The van der Waals surface area contributed by atoms with E-state index in [1.807, 2.05) is 12.1 Å². The molecule has 2 aromatic rings. The third-order valence-electron chi connectivity index (χ3n) is 13.2. The molecular formula is C47H64N2O10S2. The van der Waals surface area contributed by atoms with Gasteiger partial charge >= 0.3 is 11.9 Å². The van der Waals surface area contributed by atoms with E-state index in [4.69, 9.17) is 23.7 Å². The number of esters is 1. The Morgan fingerprint density at radius 2 is 1.03 bits per heavy atom. The highest BCUT2D eigenvalue weighted by atomic mass is 32.1. The van der Waals surface area contributed by atoms with Crippen molar-refractivity contribution in [3.63, 3.8) is 0 Å². The molecule has 6 aliphatic rings. The average Bonchev–Trinajstić information content (AvgIpc) is 3.95. The fourth-order valence-corrected chi connectivity index (χ4v) is 11.8. The van der Waals surface area contributed by atoms with Crippen molar-refractivity contribution in [2.75, 3.05) is 56.9 Å². The van der Waals surface area contributed by atoms with Gasteiger partial charge in [-0.25, -0.2) is 9.59 Å². The largest absolute Gasteiger partial charge is 0.477 e. The van der Waals surface area contributed by atoms with Crippen LogP contribution in [0.2, 0.25) is 0 Å². The van der Waals surface area contributed by atoms with E-state index in [0.717, 1.165) is 99.6 Å². The van der Waals surface area contributed by atoms with E-state index in [-0.39, 0.29) is 54.2 Å². The van der Waals surface area contributed by atoms with E-state index in [2.05, 4.69) is 26.0 Å². The lowest BCUT2D eigenvalue weighted by Crippen LogP contribution is -2.51. The van der Waals surface area contributed by atoms with Gasteiger partial charge in [0.1, 0.15) is 23.3 Å². The quantitative estimate of drug-likeness (QED) is 0.229. The summed E-state index contributed by atoms with van der Waals surface area (Å²) in [6, 6.07) is 3.40. The second-order valence-electron chi connectivity index (χ2n) is 17.8. The summed E-state index contributed by atoms with van der Waals surface area (Å²) in [7, 11) is 1.40. The van der Waals surface area contributed by atoms with Gasteiger partial charge in [-0.15, -0.1) is 22.7 Å². The molecule has 2 amide bonds. The standard InChI is InChI=1S/C24H33NO5S.C23H31NO5S/c1-16-8-10-18(11-9-16)23(26)25(19-13-29-15-30-14-19)20-12-21(17-6-4-3-5-7-17)31-22(20)24(27)28-2;1-15-7-9-17(10-8-15)22(25)24(18-12-28-14-29-13-18)19-11-20(30-21(19)23(26)27)16-5-3-2-4-6-16/h6,12,16,18-19H,3-5,7-11,13-15H2,1-2H3;5,11,15,17-18H,2-4,6-10,12-14H2,1H3,(H,26,27). The number of allylic oxidation sites excluding steroid dienone is 4. The van der Waals surface area contributed by atoms with Gasteiger partial charge in [0.15, 0.2) is 0 Å². The molecule has 12 nitrogen and oxygen atoms in total. The molecule has 2 saturated carbocycles. The van der Waals surface area contributed by atoms with Crippen LogP contribution in [0.3, 0.4) is 0 Å². The molecule has 1 N–H and O–H groups in total. The first-order valence-corrected chi connectivity index (χ1v) is 24.2. The van der Waals surface area contributed by atoms with Crippen LogP contribution < -0.4 is 9.80 Å². The number of nitrogens with zero attached hydrogens (tertiary/aromatic N) is 2. The van der Waals surface area contributed by atoms with E-state index in [1.54, 1.807) is 9.80 Å². The molecule has 14 heteroatoms. The van der Waals surface area contributed by atoms with Crippen molar-refractivity contribution >= 4 is 68.9 Å². The molecule has 4 heterocycles. The summed E-state index contributed by atoms with van der Waals surface area (Å²) in [6.45, 7) is 6.47. The Bertz CT molecular complexity index is 1890. The van der Waals surface area contributed by atoms with Crippen LogP contribution in [-0.2, 0) is 33.3 Å². The number of thiophene rings is 2. The van der Waals surface area contributed by atoms with Gasteiger partial charge in [-0.3, -0.25) is 9.59 Å². The molecule has 0 radical (unpaired) electrons. The number of carbonyl (C=O) groups is 4. The van der Waals surface area contributed by atoms with E-state index in [1.165, 1.54) is 53.8 Å². The SMILES string of the molecule is CC1CCC(C(=O)N(c2cc(C3=CCCCC3)sc2C(=O)O)C2COCOC2)CC1.COC(=O)c1sc(C2=CCCCC2)cc1N(C(=O)C1CCC(C)CC1)C1COCOC1. The van der Waals surface area contributed by atoms with Crippen molar-refractivity contribution in [3.05, 3.63) is 43.8 Å². The predicted octanol–water partition coefficient (Wildman–Crippen LogP) is 9.96. The van der Waals surface area contributed by atoms with Crippen LogP contribution in [0, 0.1) is 23.7 Å². The molecule has 4 fully saturated rings. The molecule has 334 valence electrons. The van der Waals surface area contributed by atoms with Gasteiger partial charge in [-0.05, 0) is 138 Å². The average molecular weight is 881 g/mol. The highest BCUT2D eigenvalue weighted by molar-refractivity contribution is 7.16. The third-order valence-corrected chi connectivity index (χ3v) is 15.6. The number of ether oxygens (including phenoxy) is 5. The molecule has 0 spiro atoms. The topological polar surface area (TPSA) is 141 Å². The van der Waals surface area contributed by atoms with E-state index in [0.29, 0.717) is 54.5 Å². The number of aromatic carboxylic acids is 1. The third kappa shape index (κ3) is 11.2. The molecule has 61 heavy (non-hydrogen) atoms. The lowest BCUT2D eigenvalue weighted by Gasteiger charge is -2.37. The molecule has 2 saturated heterocycles. The van der Waals surface area contributed by atoms with Crippen LogP contribution in [0.25, 0.3) is 11.1 Å². The summed E-state index contributed by atoms with van der Waals surface area (Å²) < 4.78 is 27.2. The number of carboxylic acid groups (broad SMARTS) is 1. The minimum absolute atomic E-state index is 0.0190. The number of amides is 2. The van der Waals surface area contributed by atoms with Crippen LogP contribution in [-0.4, -0.2) is 88.1 Å². The van der Waals surface area contributed by atoms with Gasteiger partial charge in [-0.2, -0.15) is 0 Å². The lowest BCUT2D eigenvalue weighted by atomic mass is 9.82. The lowest BCUT2D eigenvalue weighted by molar-refractivity contribution is -0.131. The minimum Gasteiger partial charge on any atom is -0.477 e. The van der Waals surface area contributed by atoms with Crippen LogP contribution in [0.1, 0.15) is 146 Å². The number of carbonyl (C=O) groups excluding carboxylic acids is 3. The van der Waals surface area contributed by atoms with Crippen molar-refractivity contribution in [1.29, 1.82) is 0 Å². The minimum atomic E-state index is -0.981. The maximum atomic E-state index is 13.8. The predicted molar refractivity (Wildman–Crippen MR) is 238 cm³/mol. The first-order valence-electron chi connectivity index (χ1n) is 22.6. The number of hydrogen-bond acceptors (Lipinski definition) is 11. The van der Waals surface area contributed by atoms with Gasteiger partial charge in [-0.1, -0.05) is 26.0 Å². The molecule has 2 aliphatic heterocycles. The van der Waals surface area contributed by atoms with Crippen molar-refractivity contribution < 1.29 is 48.0 Å². The van der Waals surface area contributed by atoms with Gasteiger partial charge in [0.2, 0.25) is 11.8 Å². The number of rotatable bonds is 10. The Morgan fingerprint density at radius 3 is 1.41 bits per heavy atom. The zero-order valence-corrected chi connectivity index (χ0v) is 37.8. The van der Waals surface area contributed by atoms with Crippen molar-refractivity contribution in [2.45, 2.75) is 129 Å². The number of carboxylic acids is 1. The van der Waals surface area contributed by atoms with Gasteiger partial charge in [0.25, 0.3) is 0 Å². The Kier molecular flexibility index (Phi) is 16.3. The maximum Gasteiger partial charge on any atom is 0.350 e. The molecule has 0 unspecified atom stereocenters. The Balaban J connectivity index is 0.000000184. The van der Waals surface area contributed by atoms with E-state index in [9.17, 15) is 24.3 Å². The van der Waals surface area contributed by atoms with Gasteiger partial charge < -0.3 is 38.6 Å². The van der Waals surface area contributed by atoms with Crippen LogP contribution >= 0.6 is 22.7 Å². The Hall–Kier alpha value is -3.40. The van der Waals surface area contributed by atoms with Crippen molar-refractivity contribution in [1.82, 2.24) is 0 Å². The summed E-state index contributed by atoms with van der Waals surface area (Å²) in [6.07, 6.45) is 20.9. The van der Waals surface area contributed by atoms with E-state index >= 15 is 0 Å². The van der Waals surface area contributed by atoms with Crippen LogP contribution in [0.15, 0.2) is 24.3 Å². The molecule has 2 aromatic heterocycles. The Labute approximate surface area is 368 Å². The summed E-state index contributed by atoms with van der Waals surface area (Å²) in [4.78, 5) is 58.6. The number of methoxy groups -OCH3 is 1. The van der Waals surface area contributed by atoms with E-state index < -0.39 is 11.9 Å². The molecule has 0 bridgehead atoms. The monoisotopic (exact) mass is 880 g/mol.